The molecule has 0 atom stereocenters. The molecule has 1 heterocycles. The molecule has 8 heteroatoms. The summed E-state index contributed by atoms with van der Waals surface area (Å²) >= 11 is 6.32. The summed E-state index contributed by atoms with van der Waals surface area (Å²) in [6.07, 6.45) is 0. The van der Waals surface area contributed by atoms with Crippen LogP contribution in [0.5, 0.6) is 0 Å². The maximum atomic E-state index is 12.7. The van der Waals surface area contributed by atoms with Crippen molar-refractivity contribution in [3.63, 3.8) is 0 Å². The molecule has 4 rings (SSSR count). The maximum Gasteiger partial charge on any atom is 0.301 e. The number of rotatable bonds is 3. The lowest BCUT2D eigenvalue weighted by Gasteiger charge is -2.16. The number of benzene rings is 3. The van der Waals surface area contributed by atoms with Crippen LogP contribution in [0.3, 0.4) is 0 Å². The molecule has 0 bridgehead atoms. The van der Waals surface area contributed by atoms with Crippen LogP contribution < -0.4 is 14.3 Å². The fourth-order valence-corrected chi connectivity index (χ4v) is 4.91. The van der Waals surface area contributed by atoms with Crippen molar-refractivity contribution in [2.75, 3.05) is 22.7 Å². The molecule has 0 saturated carbocycles. The second kappa shape index (κ2) is 7.09. The van der Waals surface area contributed by atoms with E-state index in [0.29, 0.717) is 35.1 Å². The molecule has 0 aliphatic carbocycles. The van der Waals surface area contributed by atoms with E-state index in [2.05, 4.69) is 10.0 Å². The number of anilines is 2. The van der Waals surface area contributed by atoms with Gasteiger partial charge in [-0.2, -0.15) is 13.1 Å². The van der Waals surface area contributed by atoms with Crippen LogP contribution in [0.2, 0.25) is 5.02 Å². The van der Waals surface area contributed by atoms with Gasteiger partial charge in [0.1, 0.15) is 0 Å². The average Bonchev–Trinajstić information content (AvgIpc) is 3.03. The number of aryl methyl sites for hydroxylation is 1. The molecule has 1 aliphatic heterocycles. The van der Waals surface area contributed by atoms with E-state index in [1.165, 1.54) is 4.31 Å². The Morgan fingerprint density at radius 1 is 1.11 bits per heavy atom. The topological polar surface area (TPSA) is 78.5 Å². The van der Waals surface area contributed by atoms with Gasteiger partial charge >= 0.3 is 10.2 Å². The summed E-state index contributed by atoms with van der Waals surface area (Å²) in [5.41, 5.74) is 2.66. The molecule has 1 amide bonds. The zero-order valence-corrected chi connectivity index (χ0v) is 16.6. The average molecular weight is 416 g/mol. The molecule has 3 aromatic carbocycles. The minimum absolute atomic E-state index is 0.279. The van der Waals surface area contributed by atoms with Gasteiger partial charge in [-0.05, 0) is 48.9 Å². The fraction of sp³-hybridized carbons (Fsp3) is 0.150. The van der Waals surface area contributed by atoms with Crippen molar-refractivity contribution in [1.82, 2.24) is 4.72 Å². The van der Waals surface area contributed by atoms with Crippen LogP contribution in [0.25, 0.3) is 10.8 Å². The fourth-order valence-electron chi connectivity index (χ4n) is 3.36. The highest BCUT2D eigenvalue weighted by atomic mass is 35.5. The Morgan fingerprint density at radius 2 is 1.86 bits per heavy atom. The van der Waals surface area contributed by atoms with Crippen molar-refractivity contribution in [2.45, 2.75) is 6.92 Å². The number of hydrogen-bond donors (Lipinski definition) is 2. The molecule has 28 heavy (non-hydrogen) atoms. The molecule has 0 spiro atoms. The third-order valence-electron chi connectivity index (χ3n) is 4.75. The van der Waals surface area contributed by atoms with Crippen molar-refractivity contribution < 1.29 is 13.2 Å². The summed E-state index contributed by atoms with van der Waals surface area (Å²) in [5.74, 6) is -0.279. The van der Waals surface area contributed by atoms with E-state index < -0.39 is 10.2 Å². The van der Waals surface area contributed by atoms with Gasteiger partial charge < -0.3 is 5.32 Å². The number of amides is 1. The zero-order chi connectivity index (χ0) is 19.9. The number of carbonyl (C=O) groups excluding carboxylic acids is 1. The SMILES string of the molecule is Cc1cccc2c(NC(=O)c3ccc(N4CCNS4(=O)=O)cc3)ccc(Cl)c12. The highest BCUT2D eigenvalue weighted by Gasteiger charge is 2.27. The normalized spacial score (nSPS) is 15.7. The van der Waals surface area contributed by atoms with Crippen LogP contribution in [0, 0.1) is 6.92 Å². The largest absolute Gasteiger partial charge is 0.321 e. The van der Waals surface area contributed by atoms with E-state index in [4.69, 9.17) is 11.6 Å². The van der Waals surface area contributed by atoms with Crippen LogP contribution >= 0.6 is 11.6 Å². The number of hydrogen-bond acceptors (Lipinski definition) is 3. The molecule has 0 unspecified atom stereocenters. The smallest absolute Gasteiger partial charge is 0.301 e. The van der Waals surface area contributed by atoms with Crippen LogP contribution in [0.1, 0.15) is 15.9 Å². The summed E-state index contributed by atoms with van der Waals surface area (Å²) in [7, 11) is -3.48. The summed E-state index contributed by atoms with van der Waals surface area (Å²) in [6.45, 7) is 2.71. The summed E-state index contributed by atoms with van der Waals surface area (Å²) < 4.78 is 27.6. The first kappa shape index (κ1) is 18.7. The zero-order valence-electron chi connectivity index (χ0n) is 15.1. The highest BCUT2D eigenvalue weighted by molar-refractivity contribution is 7.91. The first-order chi connectivity index (χ1) is 13.4. The number of nitrogens with zero attached hydrogens (tertiary/aromatic N) is 1. The molecule has 6 nitrogen and oxygen atoms in total. The molecule has 0 aromatic heterocycles. The Morgan fingerprint density at radius 3 is 2.54 bits per heavy atom. The van der Waals surface area contributed by atoms with Gasteiger partial charge in [-0.3, -0.25) is 9.10 Å². The molecule has 1 aliphatic rings. The third kappa shape index (κ3) is 3.32. The molecular weight excluding hydrogens is 398 g/mol. The van der Waals surface area contributed by atoms with Crippen LogP contribution in [-0.2, 0) is 10.2 Å². The predicted octanol–water partition coefficient (Wildman–Crippen LogP) is 3.71. The standard InChI is InChI=1S/C20H18ClN3O3S/c1-13-3-2-4-16-18(10-9-17(21)19(13)16)23-20(25)14-5-7-15(8-6-14)24-12-11-22-28(24,26)27/h2-10,22H,11-12H2,1H3,(H,23,25). The van der Waals surface area contributed by atoms with Crippen LogP contribution in [0.4, 0.5) is 11.4 Å². The maximum absolute atomic E-state index is 12.7. The molecule has 2 N–H and O–H groups in total. The van der Waals surface area contributed by atoms with Crippen molar-refractivity contribution >= 4 is 49.9 Å². The van der Waals surface area contributed by atoms with Crippen molar-refractivity contribution in [3.05, 3.63) is 70.7 Å². The minimum atomic E-state index is -3.48. The van der Waals surface area contributed by atoms with Gasteiger partial charge in [-0.1, -0.05) is 29.8 Å². The van der Waals surface area contributed by atoms with Gasteiger partial charge in [0.05, 0.1) is 5.69 Å². The Bertz CT molecular complexity index is 1170. The van der Waals surface area contributed by atoms with Gasteiger partial charge in [0.15, 0.2) is 0 Å². The lowest BCUT2D eigenvalue weighted by Crippen LogP contribution is -2.29. The number of halogens is 1. The molecular formula is C20H18ClN3O3S. The lowest BCUT2D eigenvalue weighted by atomic mass is 10.0. The molecule has 3 aromatic rings. The molecule has 1 saturated heterocycles. The third-order valence-corrected chi connectivity index (χ3v) is 6.61. The van der Waals surface area contributed by atoms with E-state index in [1.807, 2.05) is 25.1 Å². The quantitative estimate of drug-likeness (QED) is 0.684. The van der Waals surface area contributed by atoms with Crippen LogP contribution in [0.15, 0.2) is 54.6 Å². The summed E-state index contributed by atoms with van der Waals surface area (Å²) in [5, 5.41) is 5.33. The van der Waals surface area contributed by atoms with E-state index in [-0.39, 0.29) is 5.91 Å². The van der Waals surface area contributed by atoms with Crippen LogP contribution in [-0.4, -0.2) is 27.4 Å². The van der Waals surface area contributed by atoms with Gasteiger partial charge in [-0.15, -0.1) is 0 Å². The second-order valence-corrected chi connectivity index (χ2v) is 8.65. The van der Waals surface area contributed by atoms with E-state index in [0.717, 1.165) is 16.3 Å². The van der Waals surface area contributed by atoms with E-state index >= 15 is 0 Å². The second-order valence-electron chi connectivity index (χ2n) is 6.56. The summed E-state index contributed by atoms with van der Waals surface area (Å²) in [6, 6.07) is 15.8. The monoisotopic (exact) mass is 415 g/mol. The molecule has 0 radical (unpaired) electrons. The number of nitrogens with one attached hydrogen (secondary N) is 2. The Balaban J connectivity index is 1.61. The van der Waals surface area contributed by atoms with Crippen molar-refractivity contribution in [1.29, 1.82) is 0 Å². The van der Waals surface area contributed by atoms with Gasteiger partial charge in [0, 0.05) is 40.1 Å². The minimum Gasteiger partial charge on any atom is -0.321 e. The first-order valence-corrected chi connectivity index (χ1v) is 10.6. The molecule has 144 valence electrons. The lowest BCUT2D eigenvalue weighted by molar-refractivity contribution is 0.102. The Labute approximate surface area is 168 Å². The van der Waals surface area contributed by atoms with E-state index in [1.54, 1.807) is 36.4 Å². The van der Waals surface area contributed by atoms with Gasteiger partial charge in [0.2, 0.25) is 0 Å². The van der Waals surface area contributed by atoms with Crippen molar-refractivity contribution in [3.8, 4) is 0 Å². The van der Waals surface area contributed by atoms with Gasteiger partial charge in [-0.25, -0.2) is 0 Å². The highest BCUT2D eigenvalue weighted by Crippen LogP contribution is 2.32. The van der Waals surface area contributed by atoms with Crippen molar-refractivity contribution in [2.24, 2.45) is 0 Å². The summed E-state index contributed by atoms with van der Waals surface area (Å²) in [4.78, 5) is 12.7. The Hall–Kier alpha value is -2.61. The number of carbonyl (C=O) groups is 1. The first-order valence-electron chi connectivity index (χ1n) is 8.73. The number of fused-ring (bicyclic) bond motifs is 1. The van der Waals surface area contributed by atoms with Gasteiger partial charge in [0.25, 0.3) is 5.91 Å². The molecule has 1 fully saturated rings. The Kier molecular flexibility index (Phi) is 4.74. The predicted molar refractivity (Wildman–Crippen MR) is 112 cm³/mol. The van der Waals surface area contributed by atoms with E-state index in [9.17, 15) is 13.2 Å².